The van der Waals surface area contributed by atoms with Gasteiger partial charge in [-0.2, -0.15) is 5.10 Å². The molecule has 0 aliphatic carbocycles. The summed E-state index contributed by atoms with van der Waals surface area (Å²) in [4.78, 5) is 12.4. The Kier molecular flexibility index (Phi) is 4.21. The van der Waals surface area contributed by atoms with Gasteiger partial charge in [0.15, 0.2) is 0 Å². The quantitative estimate of drug-likeness (QED) is 0.839. The lowest BCUT2D eigenvalue weighted by molar-refractivity contribution is 0.0950. The molecule has 2 rings (SSSR count). The number of nitrogens with one attached hydrogen (secondary N) is 1. The van der Waals surface area contributed by atoms with Crippen LogP contribution in [0.5, 0.6) is 0 Å². The van der Waals surface area contributed by atoms with Gasteiger partial charge in [-0.15, -0.1) is 12.6 Å². The first-order valence-corrected chi connectivity index (χ1v) is 6.25. The fourth-order valence-electron chi connectivity index (χ4n) is 1.70. The molecule has 1 heterocycles. The predicted octanol–water partition coefficient (Wildman–Crippen LogP) is 1.82. The third kappa shape index (κ3) is 3.57. The Balaban J connectivity index is 1.92. The minimum atomic E-state index is -0.545. The van der Waals surface area contributed by atoms with Gasteiger partial charge >= 0.3 is 0 Å². The summed E-state index contributed by atoms with van der Waals surface area (Å²) < 4.78 is 15.2. The zero-order valence-electron chi connectivity index (χ0n) is 10.4. The summed E-state index contributed by atoms with van der Waals surface area (Å²) in [7, 11) is 1.83. The molecule has 0 saturated carbocycles. The summed E-state index contributed by atoms with van der Waals surface area (Å²) >= 11 is 4.09. The summed E-state index contributed by atoms with van der Waals surface area (Å²) in [6.07, 6.45) is 4.27. The number of carbonyl (C=O) groups excluding carboxylic acids is 1. The molecule has 19 heavy (non-hydrogen) atoms. The molecular formula is C13H14FN3OS. The van der Waals surface area contributed by atoms with Crippen molar-refractivity contribution in [1.29, 1.82) is 0 Å². The zero-order chi connectivity index (χ0) is 13.8. The molecule has 0 spiro atoms. The van der Waals surface area contributed by atoms with Gasteiger partial charge in [0.05, 0.1) is 11.8 Å². The average Bonchev–Trinajstić information content (AvgIpc) is 2.78. The van der Waals surface area contributed by atoms with Crippen LogP contribution < -0.4 is 5.32 Å². The van der Waals surface area contributed by atoms with E-state index in [9.17, 15) is 9.18 Å². The Morgan fingerprint density at radius 3 is 3.00 bits per heavy atom. The van der Waals surface area contributed by atoms with Crippen molar-refractivity contribution in [2.75, 3.05) is 6.54 Å². The summed E-state index contributed by atoms with van der Waals surface area (Å²) in [5.74, 6) is -0.978. The number of halogens is 1. The maximum absolute atomic E-state index is 13.5. The van der Waals surface area contributed by atoms with Crippen molar-refractivity contribution >= 4 is 18.5 Å². The van der Waals surface area contributed by atoms with E-state index >= 15 is 0 Å². The molecule has 1 aromatic carbocycles. The maximum atomic E-state index is 13.5. The second-order valence-corrected chi connectivity index (χ2v) is 4.71. The summed E-state index contributed by atoms with van der Waals surface area (Å²) in [6.45, 7) is 0.431. The van der Waals surface area contributed by atoms with E-state index in [1.807, 2.05) is 13.2 Å². The van der Waals surface area contributed by atoms with E-state index in [-0.39, 0.29) is 5.56 Å². The van der Waals surface area contributed by atoms with E-state index in [1.54, 1.807) is 10.9 Å². The van der Waals surface area contributed by atoms with Crippen molar-refractivity contribution < 1.29 is 9.18 Å². The number of amides is 1. The van der Waals surface area contributed by atoms with Crippen LogP contribution in [-0.2, 0) is 13.5 Å². The highest BCUT2D eigenvalue weighted by Gasteiger charge is 2.11. The maximum Gasteiger partial charge on any atom is 0.254 e. The number of thiol groups is 1. The monoisotopic (exact) mass is 279 g/mol. The van der Waals surface area contributed by atoms with Gasteiger partial charge in [0.2, 0.25) is 0 Å². The van der Waals surface area contributed by atoms with Gasteiger partial charge in [-0.25, -0.2) is 4.39 Å². The third-order valence-electron chi connectivity index (χ3n) is 2.65. The van der Waals surface area contributed by atoms with Crippen LogP contribution in [0.2, 0.25) is 0 Å². The molecule has 4 nitrogen and oxygen atoms in total. The third-order valence-corrected chi connectivity index (χ3v) is 2.93. The molecule has 0 atom stereocenters. The van der Waals surface area contributed by atoms with E-state index in [1.165, 1.54) is 18.2 Å². The van der Waals surface area contributed by atoms with Crippen LogP contribution in [0.1, 0.15) is 15.9 Å². The Hall–Kier alpha value is -1.82. The van der Waals surface area contributed by atoms with Gasteiger partial charge in [-0.05, 0) is 30.2 Å². The fourth-order valence-corrected chi connectivity index (χ4v) is 1.91. The first-order valence-electron chi connectivity index (χ1n) is 5.80. The molecule has 0 fully saturated rings. The number of rotatable bonds is 4. The number of aromatic nitrogens is 2. The molecule has 6 heteroatoms. The van der Waals surface area contributed by atoms with Gasteiger partial charge in [-0.1, -0.05) is 0 Å². The number of hydrogen-bond donors (Lipinski definition) is 2. The van der Waals surface area contributed by atoms with Gasteiger partial charge in [0, 0.05) is 24.7 Å². The van der Waals surface area contributed by atoms with Crippen LogP contribution in [0.15, 0.2) is 35.5 Å². The van der Waals surface area contributed by atoms with E-state index in [0.29, 0.717) is 17.9 Å². The van der Waals surface area contributed by atoms with Crippen LogP contribution in [-0.4, -0.2) is 22.2 Å². The van der Waals surface area contributed by atoms with Gasteiger partial charge < -0.3 is 5.32 Å². The predicted molar refractivity (Wildman–Crippen MR) is 72.9 cm³/mol. The Morgan fingerprint density at radius 2 is 2.32 bits per heavy atom. The normalized spacial score (nSPS) is 10.5. The smallest absolute Gasteiger partial charge is 0.254 e. The number of carbonyl (C=O) groups is 1. The molecule has 0 aliphatic heterocycles. The Morgan fingerprint density at radius 1 is 1.53 bits per heavy atom. The average molecular weight is 279 g/mol. The summed E-state index contributed by atoms with van der Waals surface area (Å²) in [5, 5.41) is 6.71. The summed E-state index contributed by atoms with van der Waals surface area (Å²) in [6, 6.07) is 4.15. The van der Waals surface area contributed by atoms with Crippen molar-refractivity contribution in [3.05, 3.63) is 47.5 Å². The zero-order valence-corrected chi connectivity index (χ0v) is 11.3. The number of hydrogen-bond acceptors (Lipinski definition) is 3. The van der Waals surface area contributed by atoms with E-state index in [4.69, 9.17) is 0 Å². The highest BCUT2D eigenvalue weighted by molar-refractivity contribution is 7.80. The highest BCUT2D eigenvalue weighted by Crippen LogP contribution is 2.13. The molecule has 0 saturated heterocycles. The van der Waals surface area contributed by atoms with Crippen molar-refractivity contribution in [2.45, 2.75) is 11.3 Å². The fraction of sp³-hybridized carbons (Fsp3) is 0.231. The van der Waals surface area contributed by atoms with Gasteiger partial charge in [0.1, 0.15) is 5.82 Å². The molecule has 2 aromatic rings. The first-order chi connectivity index (χ1) is 9.06. The van der Waals surface area contributed by atoms with Crippen molar-refractivity contribution in [3.63, 3.8) is 0 Å². The molecule has 100 valence electrons. The second kappa shape index (κ2) is 5.88. The molecule has 0 aliphatic rings. The second-order valence-electron chi connectivity index (χ2n) is 4.19. The minimum absolute atomic E-state index is 0.0127. The lowest BCUT2D eigenvalue weighted by atomic mass is 10.2. The number of nitrogens with zero attached hydrogens (tertiary/aromatic N) is 2. The van der Waals surface area contributed by atoms with Crippen LogP contribution in [0, 0.1) is 5.82 Å². The SMILES string of the molecule is Cn1cc(CCNC(=O)c2cc(S)ccc2F)cn1. The van der Waals surface area contributed by atoms with E-state index < -0.39 is 11.7 Å². The number of aryl methyl sites for hydroxylation is 1. The molecule has 1 aromatic heterocycles. The van der Waals surface area contributed by atoms with E-state index in [0.717, 1.165) is 5.56 Å². The topological polar surface area (TPSA) is 46.9 Å². The Bertz CT molecular complexity index is 597. The molecule has 1 N–H and O–H groups in total. The van der Waals surface area contributed by atoms with Gasteiger partial charge in [-0.3, -0.25) is 9.48 Å². The van der Waals surface area contributed by atoms with Crippen LogP contribution >= 0.6 is 12.6 Å². The van der Waals surface area contributed by atoms with Crippen molar-refractivity contribution in [3.8, 4) is 0 Å². The number of benzene rings is 1. The molecule has 0 bridgehead atoms. The molecule has 0 radical (unpaired) electrons. The van der Waals surface area contributed by atoms with E-state index in [2.05, 4.69) is 23.0 Å². The Labute approximate surface area is 116 Å². The van der Waals surface area contributed by atoms with Crippen LogP contribution in [0.25, 0.3) is 0 Å². The standard InChI is InChI=1S/C13H14FN3OS/c1-17-8-9(7-16-17)4-5-15-13(18)11-6-10(19)2-3-12(11)14/h2-3,6-8,19H,4-5H2,1H3,(H,15,18). The van der Waals surface area contributed by atoms with Crippen molar-refractivity contribution in [1.82, 2.24) is 15.1 Å². The summed E-state index contributed by atoms with van der Waals surface area (Å²) in [5.41, 5.74) is 1.03. The lowest BCUT2D eigenvalue weighted by Crippen LogP contribution is -2.26. The van der Waals surface area contributed by atoms with Crippen LogP contribution in [0.4, 0.5) is 4.39 Å². The molecule has 0 unspecified atom stereocenters. The van der Waals surface area contributed by atoms with Gasteiger partial charge in [0.25, 0.3) is 5.91 Å². The minimum Gasteiger partial charge on any atom is -0.352 e. The van der Waals surface area contributed by atoms with Crippen molar-refractivity contribution in [2.24, 2.45) is 7.05 Å². The van der Waals surface area contributed by atoms with Crippen LogP contribution in [0.3, 0.4) is 0 Å². The first kappa shape index (κ1) is 13.6. The highest BCUT2D eigenvalue weighted by atomic mass is 32.1. The molecule has 1 amide bonds. The molecular weight excluding hydrogens is 265 g/mol. The lowest BCUT2D eigenvalue weighted by Gasteiger charge is -2.06. The largest absolute Gasteiger partial charge is 0.352 e.